The second kappa shape index (κ2) is 14.3. The Bertz CT molecular complexity index is 1120. The van der Waals surface area contributed by atoms with Crippen molar-refractivity contribution in [3.63, 3.8) is 0 Å². The molecule has 0 spiro atoms. The lowest BCUT2D eigenvalue weighted by Gasteiger charge is -2.14. The van der Waals surface area contributed by atoms with Crippen molar-refractivity contribution in [1.82, 2.24) is 9.78 Å². The zero-order chi connectivity index (χ0) is 26.8. The van der Waals surface area contributed by atoms with E-state index < -0.39 is 0 Å². The van der Waals surface area contributed by atoms with E-state index in [9.17, 15) is 4.79 Å². The molecule has 3 rings (SSSR count). The molecule has 0 saturated heterocycles. The molecule has 0 radical (unpaired) electrons. The Balaban J connectivity index is 0.000000552. The van der Waals surface area contributed by atoms with Crippen molar-refractivity contribution in [2.75, 3.05) is 17.7 Å². The molecular formula is C28H41ClN6O. The molecule has 1 heterocycles. The largest absolute Gasteiger partial charge is 0.384 e. The molecule has 0 aliphatic carbocycles. The summed E-state index contributed by atoms with van der Waals surface area (Å²) in [4.78, 5) is 13.9. The first-order valence-corrected chi connectivity index (χ1v) is 11.5. The lowest BCUT2D eigenvalue weighted by atomic mass is 9.91. The first kappa shape index (κ1) is 32.7. The van der Waals surface area contributed by atoms with Crippen LogP contribution in [0.4, 0.5) is 11.5 Å². The number of aryl methyl sites for hydroxylation is 2. The van der Waals surface area contributed by atoms with E-state index in [0.717, 1.165) is 17.1 Å². The molecule has 7 nitrogen and oxygen atoms in total. The SMILES string of the molecule is Cc1ccc(-n2nc(C(C)(C)C)cc2N)cc1.Cc1ccc(NN)cc1.Cl.[C-]#[N+]CC(=O)C(C)(C)C. The van der Waals surface area contributed by atoms with E-state index in [-0.39, 0.29) is 35.6 Å². The minimum Gasteiger partial charge on any atom is -0.384 e. The lowest BCUT2D eigenvalue weighted by Crippen LogP contribution is -2.21. The van der Waals surface area contributed by atoms with E-state index in [1.54, 1.807) is 4.68 Å². The van der Waals surface area contributed by atoms with Crippen LogP contribution < -0.4 is 17.0 Å². The summed E-state index contributed by atoms with van der Waals surface area (Å²) in [5, 5.41) is 4.57. The van der Waals surface area contributed by atoms with Gasteiger partial charge in [-0.1, -0.05) is 76.9 Å². The van der Waals surface area contributed by atoms with Gasteiger partial charge >= 0.3 is 0 Å². The Labute approximate surface area is 222 Å². The van der Waals surface area contributed by atoms with Gasteiger partial charge in [0, 0.05) is 22.6 Å². The fourth-order valence-electron chi connectivity index (χ4n) is 2.61. The molecule has 0 aliphatic heterocycles. The van der Waals surface area contributed by atoms with Crippen molar-refractivity contribution in [2.24, 2.45) is 11.3 Å². The van der Waals surface area contributed by atoms with E-state index in [1.165, 1.54) is 11.1 Å². The molecule has 0 saturated carbocycles. The second-order valence-corrected chi connectivity index (χ2v) is 10.5. The molecule has 0 aliphatic rings. The number of nitrogens with zero attached hydrogens (tertiary/aromatic N) is 3. The number of carbonyl (C=O) groups excluding carboxylic acids is 1. The van der Waals surface area contributed by atoms with Gasteiger partial charge in [-0.15, -0.1) is 12.4 Å². The number of hydrogen-bond donors (Lipinski definition) is 3. The first-order valence-electron chi connectivity index (χ1n) is 11.5. The van der Waals surface area contributed by atoms with Gasteiger partial charge in [0.1, 0.15) is 5.82 Å². The van der Waals surface area contributed by atoms with Crippen LogP contribution in [-0.2, 0) is 10.2 Å². The smallest absolute Gasteiger partial charge is 0.272 e. The van der Waals surface area contributed by atoms with Crippen LogP contribution in [0.5, 0.6) is 0 Å². The van der Waals surface area contributed by atoms with E-state index >= 15 is 0 Å². The summed E-state index contributed by atoms with van der Waals surface area (Å²) in [6, 6.07) is 18.0. The maximum atomic E-state index is 10.9. The highest BCUT2D eigenvalue weighted by Gasteiger charge is 2.22. The van der Waals surface area contributed by atoms with Crippen LogP contribution in [0.3, 0.4) is 0 Å². The third-order valence-electron chi connectivity index (χ3n) is 5.06. The van der Waals surface area contributed by atoms with Crippen molar-refractivity contribution < 1.29 is 4.79 Å². The molecule has 2 aromatic carbocycles. The molecule has 0 fully saturated rings. The summed E-state index contributed by atoms with van der Waals surface area (Å²) in [5.41, 5.74) is 13.7. The number of hydrogen-bond acceptors (Lipinski definition) is 5. The lowest BCUT2D eigenvalue weighted by molar-refractivity contribution is -0.124. The molecular weight excluding hydrogens is 472 g/mol. The molecule has 3 aromatic rings. The van der Waals surface area contributed by atoms with Crippen LogP contribution in [-0.4, -0.2) is 22.1 Å². The first-order chi connectivity index (χ1) is 16.2. The monoisotopic (exact) mass is 512 g/mol. The number of anilines is 2. The van der Waals surface area contributed by atoms with Gasteiger partial charge in [0.2, 0.25) is 5.78 Å². The maximum Gasteiger partial charge on any atom is 0.272 e. The average Bonchev–Trinajstić information content (AvgIpc) is 3.17. The Morgan fingerprint density at radius 2 is 1.44 bits per heavy atom. The number of ketones is 1. The Morgan fingerprint density at radius 1 is 0.972 bits per heavy atom. The minimum absolute atomic E-state index is 0. The van der Waals surface area contributed by atoms with Gasteiger partial charge in [-0.2, -0.15) is 5.10 Å². The minimum atomic E-state index is -0.343. The molecule has 0 atom stereocenters. The maximum absolute atomic E-state index is 10.9. The highest BCUT2D eigenvalue weighted by Crippen LogP contribution is 2.24. The van der Waals surface area contributed by atoms with E-state index in [0.29, 0.717) is 5.82 Å². The van der Waals surface area contributed by atoms with Crippen LogP contribution in [0.25, 0.3) is 10.5 Å². The summed E-state index contributed by atoms with van der Waals surface area (Å²) >= 11 is 0. The molecule has 5 N–H and O–H groups in total. The Hall–Kier alpha value is -3.34. The third-order valence-corrected chi connectivity index (χ3v) is 5.06. The van der Waals surface area contributed by atoms with Gasteiger partial charge < -0.3 is 16.0 Å². The van der Waals surface area contributed by atoms with E-state index in [2.05, 4.69) is 55.2 Å². The number of nitrogens with one attached hydrogen (secondary N) is 1. The predicted molar refractivity (Wildman–Crippen MR) is 154 cm³/mol. The number of rotatable bonds is 3. The van der Waals surface area contributed by atoms with Gasteiger partial charge in [0.25, 0.3) is 6.54 Å². The molecule has 8 heteroatoms. The zero-order valence-electron chi connectivity index (χ0n) is 22.7. The number of halogens is 1. The van der Waals surface area contributed by atoms with Gasteiger partial charge in [0.15, 0.2) is 0 Å². The standard InChI is InChI=1S/C14H19N3.C7H10N2.C7H11NO.ClH/c1-10-5-7-11(8-6-10)17-13(15)9-12(16-17)14(2,3)4;1-6-2-4-7(9-8)5-3-6;1-7(2,3)6(9)5-8-4;/h5-9H,15H2,1-4H3;2-5,9H,8H2,1H3;5H2,1-3H3;1H. The van der Waals surface area contributed by atoms with Crippen LogP contribution in [0.2, 0.25) is 0 Å². The number of carbonyl (C=O) groups is 1. The molecule has 0 bridgehead atoms. The van der Waals surface area contributed by atoms with Crippen LogP contribution in [0.1, 0.15) is 58.4 Å². The average molecular weight is 513 g/mol. The van der Waals surface area contributed by atoms with Crippen molar-refractivity contribution in [3.8, 4) is 5.69 Å². The van der Waals surface area contributed by atoms with E-state index in [1.807, 2.05) is 70.2 Å². The fourth-order valence-corrected chi connectivity index (χ4v) is 2.61. The summed E-state index contributed by atoms with van der Waals surface area (Å²) < 4.78 is 1.79. The number of nitrogens with two attached hydrogens (primary N) is 2. The Morgan fingerprint density at radius 3 is 1.78 bits per heavy atom. The molecule has 0 unspecified atom stereocenters. The van der Waals surface area contributed by atoms with Gasteiger partial charge in [-0.3, -0.25) is 10.6 Å². The Kier molecular flexibility index (Phi) is 13.0. The van der Waals surface area contributed by atoms with E-state index in [4.69, 9.17) is 18.1 Å². The quantitative estimate of drug-likeness (QED) is 0.217. The normalized spacial score (nSPS) is 10.4. The van der Waals surface area contributed by atoms with Gasteiger partial charge in [-0.25, -0.2) is 11.3 Å². The number of nitrogen functional groups attached to an aromatic ring is 2. The second-order valence-electron chi connectivity index (χ2n) is 10.5. The van der Waals surface area contributed by atoms with Crippen LogP contribution >= 0.6 is 12.4 Å². The number of hydrazine groups is 1. The molecule has 1 aromatic heterocycles. The highest BCUT2D eigenvalue weighted by atomic mass is 35.5. The van der Waals surface area contributed by atoms with Crippen molar-refractivity contribution in [3.05, 3.63) is 82.8 Å². The topological polar surface area (TPSA) is 103 Å². The van der Waals surface area contributed by atoms with Crippen LogP contribution in [0, 0.1) is 25.8 Å². The van der Waals surface area contributed by atoms with Gasteiger partial charge in [0.05, 0.1) is 11.4 Å². The predicted octanol–water partition coefficient (Wildman–Crippen LogP) is 6.28. The molecule has 0 amide bonds. The summed E-state index contributed by atoms with van der Waals surface area (Å²) in [7, 11) is 0. The highest BCUT2D eigenvalue weighted by molar-refractivity contribution is 5.86. The van der Waals surface area contributed by atoms with Crippen LogP contribution in [0.15, 0.2) is 54.6 Å². The zero-order valence-corrected chi connectivity index (χ0v) is 23.5. The van der Waals surface area contributed by atoms with Gasteiger partial charge in [-0.05, 0) is 38.1 Å². The molecule has 196 valence electrons. The fraction of sp³-hybridized carbons (Fsp3) is 0.393. The number of benzene rings is 2. The third kappa shape index (κ3) is 10.9. The van der Waals surface area contributed by atoms with Crippen molar-refractivity contribution >= 4 is 29.7 Å². The van der Waals surface area contributed by atoms with Crippen molar-refractivity contribution in [1.29, 1.82) is 0 Å². The summed E-state index contributed by atoms with van der Waals surface area (Å²) in [6.07, 6.45) is 0. The summed E-state index contributed by atoms with van der Waals surface area (Å²) in [5.74, 6) is 5.84. The number of Topliss-reactive ketones (excluding diaryl/α,β-unsaturated/α-hetero) is 1. The molecule has 36 heavy (non-hydrogen) atoms. The summed E-state index contributed by atoms with van der Waals surface area (Å²) in [6.45, 7) is 22.4. The number of aromatic nitrogens is 2. The van der Waals surface area contributed by atoms with Crippen molar-refractivity contribution in [2.45, 2.75) is 60.8 Å².